The van der Waals surface area contributed by atoms with Crippen molar-refractivity contribution in [3.05, 3.63) is 34.6 Å². The summed E-state index contributed by atoms with van der Waals surface area (Å²) in [7, 11) is 0. The topological polar surface area (TPSA) is 35.8 Å². The molecule has 0 aliphatic heterocycles. The first kappa shape index (κ1) is 13.0. The molecule has 0 aliphatic rings. The van der Waals surface area contributed by atoms with E-state index in [0.29, 0.717) is 18.5 Å². The smallest absolute Gasteiger partial charge is 0.146 e. The van der Waals surface area contributed by atoms with Gasteiger partial charge in [0.05, 0.1) is 11.1 Å². The van der Waals surface area contributed by atoms with E-state index >= 15 is 0 Å². The molecule has 0 heterocycles. The maximum atomic E-state index is 13.4. The van der Waals surface area contributed by atoms with E-state index in [1.807, 2.05) is 0 Å². The summed E-state index contributed by atoms with van der Waals surface area (Å²) < 4.78 is 13.4. The summed E-state index contributed by atoms with van der Waals surface area (Å²) in [6.45, 7) is 1.26. The number of nitrogens with one attached hydrogen (secondary N) is 1. The first-order chi connectivity index (χ1) is 7.75. The fourth-order valence-corrected chi connectivity index (χ4v) is 1.56. The molecule has 2 nitrogen and oxygen atoms in total. The Morgan fingerprint density at radius 1 is 1.38 bits per heavy atom. The van der Waals surface area contributed by atoms with E-state index in [1.54, 1.807) is 12.1 Å². The number of benzene rings is 1. The maximum Gasteiger partial charge on any atom is 0.146 e. The van der Waals surface area contributed by atoms with Crippen molar-refractivity contribution in [3.8, 4) is 6.07 Å². The first-order valence-electron chi connectivity index (χ1n) is 5.26. The van der Waals surface area contributed by atoms with Gasteiger partial charge in [0, 0.05) is 18.5 Å². The third-order valence-corrected chi connectivity index (χ3v) is 2.53. The molecule has 0 aromatic heterocycles. The zero-order valence-electron chi connectivity index (χ0n) is 8.97. The molecule has 0 spiro atoms. The van der Waals surface area contributed by atoms with Gasteiger partial charge in [0.15, 0.2) is 0 Å². The Bertz CT molecular complexity index is 374. The van der Waals surface area contributed by atoms with Gasteiger partial charge in [0.2, 0.25) is 0 Å². The minimum absolute atomic E-state index is 0.156. The molecule has 1 N–H and O–H groups in total. The van der Waals surface area contributed by atoms with Gasteiger partial charge in [-0.05, 0) is 25.5 Å². The Morgan fingerprint density at radius 3 is 2.94 bits per heavy atom. The van der Waals surface area contributed by atoms with Crippen molar-refractivity contribution in [3.63, 3.8) is 0 Å². The molecule has 1 rings (SSSR count). The molecule has 0 unspecified atom stereocenters. The van der Waals surface area contributed by atoms with Crippen LogP contribution in [-0.2, 0) is 6.54 Å². The van der Waals surface area contributed by atoms with Crippen molar-refractivity contribution >= 4 is 11.6 Å². The molecule has 4 heteroatoms. The van der Waals surface area contributed by atoms with Crippen LogP contribution in [0, 0.1) is 17.1 Å². The number of hydrogen-bond donors (Lipinski definition) is 1. The third kappa shape index (κ3) is 4.18. The quantitative estimate of drug-likeness (QED) is 0.775. The molecular formula is C12H14ClFN2. The molecule has 0 radical (unpaired) electrons. The predicted octanol–water partition coefficient (Wildman–Crippen LogP) is 3.26. The van der Waals surface area contributed by atoms with Crippen molar-refractivity contribution in [2.45, 2.75) is 25.8 Å². The van der Waals surface area contributed by atoms with E-state index in [2.05, 4.69) is 11.4 Å². The van der Waals surface area contributed by atoms with Gasteiger partial charge in [-0.2, -0.15) is 5.26 Å². The Balaban J connectivity index is 2.27. The molecule has 16 heavy (non-hydrogen) atoms. The lowest BCUT2D eigenvalue weighted by Crippen LogP contribution is -2.15. The van der Waals surface area contributed by atoms with Crippen LogP contribution in [0.1, 0.15) is 24.8 Å². The van der Waals surface area contributed by atoms with Crippen LogP contribution in [0.5, 0.6) is 0 Å². The van der Waals surface area contributed by atoms with E-state index in [0.717, 1.165) is 19.4 Å². The Labute approximate surface area is 100 Å². The summed E-state index contributed by atoms with van der Waals surface area (Å²) in [5, 5.41) is 11.6. The second-order valence-electron chi connectivity index (χ2n) is 3.50. The van der Waals surface area contributed by atoms with Crippen LogP contribution < -0.4 is 5.32 Å². The molecule has 0 atom stereocenters. The molecule has 0 amide bonds. The van der Waals surface area contributed by atoms with Gasteiger partial charge in [-0.15, -0.1) is 0 Å². The number of hydrogen-bond acceptors (Lipinski definition) is 2. The predicted molar refractivity (Wildman–Crippen MR) is 62.6 cm³/mol. The highest BCUT2D eigenvalue weighted by molar-refractivity contribution is 6.30. The number of rotatable bonds is 6. The highest BCUT2D eigenvalue weighted by atomic mass is 35.5. The van der Waals surface area contributed by atoms with Gasteiger partial charge in [-0.25, -0.2) is 4.39 Å². The fourth-order valence-electron chi connectivity index (χ4n) is 1.36. The molecule has 0 saturated heterocycles. The van der Waals surface area contributed by atoms with Gasteiger partial charge in [0.25, 0.3) is 0 Å². The fraction of sp³-hybridized carbons (Fsp3) is 0.417. The largest absolute Gasteiger partial charge is 0.313 e. The standard InChI is InChI=1S/C12H14ClFN2/c13-11-6-4-5-10(12(11)14)9-16-8-3-1-2-7-15/h4-6,16H,1-3,8-9H2. The van der Waals surface area contributed by atoms with Crippen molar-refractivity contribution in [2.24, 2.45) is 0 Å². The summed E-state index contributed by atoms with van der Waals surface area (Å²) in [4.78, 5) is 0. The molecule has 0 saturated carbocycles. The van der Waals surface area contributed by atoms with E-state index in [4.69, 9.17) is 16.9 Å². The average molecular weight is 241 g/mol. The van der Waals surface area contributed by atoms with Gasteiger partial charge in [0.1, 0.15) is 5.82 Å². The van der Waals surface area contributed by atoms with Gasteiger partial charge >= 0.3 is 0 Å². The highest BCUT2D eigenvalue weighted by Gasteiger charge is 2.04. The lowest BCUT2D eigenvalue weighted by Gasteiger charge is -2.06. The Hall–Kier alpha value is -1.11. The van der Waals surface area contributed by atoms with Crippen LogP contribution in [0.4, 0.5) is 4.39 Å². The zero-order valence-corrected chi connectivity index (χ0v) is 9.73. The van der Waals surface area contributed by atoms with Crippen LogP contribution in [0.3, 0.4) is 0 Å². The van der Waals surface area contributed by atoms with Crippen LogP contribution in [0.15, 0.2) is 18.2 Å². The SMILES string of the molecule is N#CCCCCNCc1cccc(Cl)c1F. The van der Waals surface area contributed by atoms with Crippen molar-refractivity contribution < 1.29 is 4.39 Å². The van der Waals surface area contributed by atoms with Crippen LogP contribution in [0.25, 0.3) is 0 Å². The lowest BCUT2D eigenvalue weighted by molar-refractivity contribution is 0.577. The number of halogens is 2. The monoisotopic (exact) mass is 240 g/mol. The first-order valence-corrected chi connectivity index (χ1v) is 5.64. The molecule has 86 valence electrons. The van der Waals surface area contributed by atoms with Gasteiger partial charge in [-0.3, -0.25) is 0 Å². The van der Waals surface area contributed by atoms with Crippen molar-refractivity contribution in [1.82, 2.24) is 5.32 Å². The zero-order chi connectivity index (χ0) is 11.8. The van der Waals surface area contributed by atoms with Crippen LogP contribution in [-0.4, -0.2) is 6.54 Å². The van der Waals surface area contributed by atoms with Crippen molar-refractivity contribution in [1.29, 1.82) is 5.26 Å². The van der Waals surface area contributed by atoms with Crippen LogP contribution >= 0.6 is 11.6 Å². The molecular weight excluding hydrogens is 227 g/mol. The summed E-state index contributed by atoms with van der Waals surface area (Å²) in [5.41, 5.74) is 0.577. The molecule has 0 aliphatic carbocycles. The summed E-state index contributed by atoms with van der Waals surface area (Å²) in [6.07, 6.45) is 2.38. The molecule has 1 aromatic rings. The second-order valence-corrected chi connectivity index (χ2v) is 3.91. The summed E-state index contributed by atoms with van der Waals surface area (Å²) >= 11 is 5.66. The third-order valence-electron chi connectivity index (χ3n) is 2.24. The maximum absolute atomic E-state index is 13.4. The summed E-state index contributed by atoms with van der Waals surface area (Å²) in [6, 6.07) is 7.07. The minimum atomic E-state index is -0.353. The molecule has 0 bridgehead atoms. The average Bonchev–Trinajstić information content (AvgIpc) is 2.29. The van der Waals surface area contributed by atoms with E-state index in [-0.39, 0.29) is 10.8 Å². The second kappa shape index (κ2) is 7.21. The molecule has 0 fully saturated rings. The number of nitrogens with zero attached hydrogens (tertiary/aromatic N) is 1. The molecule has 1 aromatic carbocycles. The Morgan fingerprint density at radius 2 is 2.19 bits per heavy atom. The lowest BCUT2D eigenvalue weighted by atomic mass is 10.2. The highest BCUT2D eigenvalue weighted by Crippen LogP contribution is 2.17. The van der Waals surface area contributed by atoms with Gasteiger partial charge in [-0.1, -0.05) is 23.7 Å². The normalized spacial score (nSPS) is 10.1. The number of nitriles is 1. The summed E-state index contributed by atoms with van der Waals surface area (Å²) in [5.74, 6) is -0.353. The van der Waals surface area contributed by atoms with Crippen LogP contribution in [0.2, 0.25) is 5.02 Å². The van der Waals surface area contributed by atoms with E-state index in [1.165, 1.54) is 6.07 Å². The number of unbranched alkanes of at least 4 members (excludes halogenated alkanes) is 2. The van der Waals surface area contributed by atoms with E-state index < -0.39 is 0 Å². The minimum Gasteiger partial charge on any atom is -0.313 e. The van der Waals surface area contributed by atoms with E-state index in [9.17, 15) is 4.39 Å². The Kier molecular flexibility index (Phi) is 5.84. The van der Waals surface area contributed by atoms with Crippen molar-refractivity contribution in [2.75, 3.05) is 6.54 Å². The van der Waals surface area contributed by atoms with Gasteiger partial charge < -0.3 is 5.32 Å².